The minimum atomic E-state index is -4.43. The molecule has 49 heavy (non-hydrogen) atoms. The summed E-state index contributed by atoms with van der Waals surface area (Å²) in [6.45, 7) is 3.78. The van der Waals surface area contributed by atoms with E-state index in [1.165, 1.54) is 23.5 Å². The second-order valence-corrected chi connectivity index (χ2v) is 13.3. The Balaban J connectivity index is 0.932. The summed E-state index contributed by atoms with van der Waals surface area (Å²) in [4.78, 5) is 49.9. The maximum Gasteiger partial charge on any atom is 0.416 e. The fraction of sp³-hybridized carbons (Fsp3) is 0.297. The molecule has 0 unspecified atom stereocenters. The number of hydrogen-bond donors (Lipinski definition) is 0. The van der Waals surface area contributed by atoms with Gasteiger partial charge in [0.25, 0.3) is 11.8 Å². The molecule has 0 aliphatic carbocycles. The minimum Gasteiger partial charge on any atom is -0.422 e. The molecule has 252 valence electrons. The van der Waals surface area contributed by atoms with Crippen LogP contribution in [-0.4, -0.2) is 70.8 Å². The van der Waals surface area contributed by atoms with Crippen molar-refractivity contribution < 1.29 is 27.2 Å². The monoisotopic (exact) mass is 686 g/mol. The molecule has 0 atom stereocenters. The highest BCUT2D eigenvalue weighted by molar-refractivity contribution is 7.09. The van der Waals surface area contributed by atoms with Crippen LogP contribution in [0.4, 0.5) is 13.2 Å². The number of nitrogens with zero attached hydrogens (tertiary/aromatic N) is 4. The Bertz CT molecular complexity index is 2040. The number of alkyl halides is 3. The number of likely N-dealkylation sites (tertiary alicyclic amines) is 1. The largest absolute Gasteiger partial charge is 0.422 e. The lowest BCUT2D eigenvalue weighted by Crippen LogP contribution is -2.48. The van der Waals surface area contributed by atoms with E-state index in [1.54, 1.807) is 40.1 Å². The fourth-order valence-electron chi connectivity index (χ4n) is 6.56. The van der Waals surface area contributed by atoms with Crippen molar-refractivity contribution in [1.29, 1.82) is 0 Å². The maximum absolute atomic E-state index is 13.6. The van der Waals surface area contributed by atoms with E-state index in [-0.39, 0.29) is 23.4 Å². The standard InChI is InChI=1S/C37H33F3N4O4S/c38-37(39,40)28-11-9-24(10-12-28)29-6-2-3-7-30(29)34(45)43-15-13-25(14-16-43)33-41-31(23-49-33)35(46)44-19-17-42(18-20-44)22-27-21-26-5-1-4-8-32(26)48-36(27)47/h1-12,21,23,25H,13-20,22H2. The highest BCUT2D eigenvalue weighted by atomic mass is 32.1. The third kappa shape index (κ3) is 7.02. The molecule has 2 amide bonds. The molecule has 0 N–H and O–H groups in total. The van der Waals surface area contributed by atoms with Crippen molar-refractivity contribution >= 4 is 34.1 Å². The molecule has 7 rings (SSSR count). The summed E-state index contributed by atoms with van der Waals surface area (Å²) in [5.41, 5.74) is 2.09. The Hall–Kier alpha value is -4.81. The van der Waals surface area contributed by atoms with Gasteiger partial charge in [-0.25, -0.2) is 9.78 Å². The molecule has 4 heterocycles. The van der Waals surface area contributed by atoms with Crippen LogP contribution in [0.1, 0.15) is 55.7 Å². The zero-order valence-electron chi connectivity index (χ0n) is 26.5. The smallest absolute Gasteiger partial charge is 0.416 e. The van der Waals surface area contributed by atoms with Gasteiger partial charge in [0, 0.05) is 68.1 Å². The van der Waals surface area contributed by atoms with E-state index in [4.69, 9.17) is 9.40 Å². The maximum atomic E-state index is 13.6. The van der Waals surface area contributed by atoms with E-state index in [1.807, 2.05) is 29.6 Å². The number of aromatic nitrogens is 1. The van der Waals surface area contributed by atoms with Crippen LogP contribution in [-0.2, 0) is 12.7 Å². The number of piperidine rings is 1. The zero-order valence-corrected chi connectivity index (χ0v) is 27.3. The first-order valence-electron chi connectivity index (χ1n) is 16.2. The van der Waals surface area contributed by atoms with Crippen LogP contribution >= 0.6 is 11.3 Å². The average Bonchev–Trinajstić information content (AvgIpc) is 3.62. The Morgan fingerprint density at radius 3 is 2.24 bits per heavy atom. The van der Waals surface area contributed by atoms with Gasteiger partial charge in [0.1, 0.15) is 11.3 Å². The summed E-state index contributed by atoms with van der Waals surface area (Å²) < 4.78 is 44.7. The molecule has 2 saturated heterocycles. The lowest BCUT2D eigenvalue weighted by molar-refractivity contribution is -0.137. The summed E-state index contributed by atoms with van der Waals surface area (Å²) in [6.07, 6.45) is -3.05. The number of carbonyl (C=O) groups is 2. The number of benzene rings is 3. The van der Waals surface area contributed by atoms with Gasteiger partial charge in [0.05, 0.1) is 16.1 Å². The van der Waals surface area contributed by atoms with Crippen molar-refractivity contribution in [2.75, 3.05) is 39.3 Å². The highest BCUT2D eigenvalue weighted by Crippen LogP contribution is 2.34. The number of amides is 2. The molecule has 0 radical (unpaired) electrons. The Labute approximate surface area is 284 Å². The number of halogens is 3. The number of rotatable bonds is 6. The Morgan fingerprint density at radius 2 is 1.51 bits per heavy atom. The summed E-state index contributed by atoms with van der Waals surface area (Å²) in [5, 5.41) is 3.56. The van der Waals surface area contributed by atoms with E-state index in [2.05, 4.69) is 4.90 Å². The van der Waals surface area contributed by atoms with Crippen LogP contribution in [0.2, 0.25) is 0 Å². The van der Waals surface area contributed by atoms with Crippen LogP contribution in [0.3, 0.4) is 0 Å². The third-order valence-electron chi connectivity index (χ3n) is 9.32. The Kier molecular flexibility index (Phi) is 9.08. The lowest BCUT2D eigenvalue weighted by atomic mass is 9.94. The first-order chi connectivity index (χ1) is 23.6. The molecule has 12 heteroatoms. The third-order valence-corrected chi connectivity index (χ3v) is 10.3. The second kappa shape index (κ2) is 13.6. The SMILES string of the molecule is O=C(c1csc(C2CCN(C(=O)c3ccccc3-c3ccc(C(F)(F)F)cc3)CC2)n1)N1CCN(Cc2cc3ccccc3oc2=O)CC1. The van der Waals surface area contributed by atoms with E-state index in [0.717, 1.165) is 22.5 Å². The van der Waals surface area contributed by atoms with Crippen LogP contribution in [0.5, 0.6) is 0 Å². The van der Waals surface area contributed by atoms with E-state index < -0.39 is 11.7 Å². The van der Waals surface area contributed by atoms with Gasteiger partial charge in [-0.15, -0.1) is 11.3 Å². The quantitative estimate of drug-likeness (QED) is 0.181. The molecule has 0 saturated carbocycles. The van der Waals surface area contributed by atoms with Crippen LogP contribution in [0, 0.1) is 0 Å². The van der Waals surface area contributed by atoms with Gasteiger partial charge in [0.2, 0.25) is 0 Å². The summed E-state index contributed by atoms with van der Waals surface area (Å²) in [5.74, 6) is -0.157. The van der Waals surface area contributed by atoms with E-state index in [0.29, 0.717) is 92.2 Å². The molecule has 2 aromatic heterocycles. The molecule has 3 aromatic carbocycles. The highest BCUT2D eigenvalue weighted by Gasteiger charge is 2.31. The first-order valence-corrected chi connectivity index (χ1v) is 17.1. The molecular weight excluding hydrogens is 653 g/mol. The van der Waals surface area contributed by atoms with Gasteiger partial charge in [-0.2, -0.15) is 13.2 Å². The van der Waals surface area contributed by atoms with Crippen molar-refractivity contribution in [2.45, 2.75) is 31.5 Å². The number of thiazole rings is 1. The first kappa shape index (κ1) is 32.7. The molecule has 0 spiro atoms. The molecule has 2 fully saturated rings. The lowest BCUT2D eigenvalue weighted by Gasteiger charge is -2.34. The van der Waals surface area contributed by atoms with Gasteiger partial charge < -0.3 is 14.2 Å². The van der Waals surface area contributed by atoms with Gasteiger partial charge >= 0.3 is 11.8 Å². The van der Waals surface area contributed by atoms with Crippen LogP contribution in [0.15, 0.2) is 93.5 Å². The summed E-state index contributed by atoms with van der Waals surface area (Å²) in [7, 11) is 0. The topological polar surface area (TPSA) is 87.0 Å². The Morgan fingerprint density at radius 1 is 0.837 bits per heavy atom. The minimum absolute atomic E-state index is 0.111. The molecule has 8 nitrogen and oxygen atoms in total. The predicted octanol–water partition coefficient (Wildman–Crippen LogP) is 6.91. The van der Waals surface area contributed by atoms with Crippen LogP contribution < -0.4 is 5.63 Å². The second-order valence-electron chi connectivity index (χ2n) is 12.4. The predicted molar refractivity (Wildman–Crippen MR) is 181 cm³/mol. The van der Waals surface area contributed by atoms with Crippen LogP contribution in [0.25, 0.3) is 22.1 Å². The molecule has 5 aromatic rings. The van der Waals surface area contributed by atoms with Gasteiger partial charge in [0.15, 0.2) is 0 Å². The summed E-state index contributed by atoms with van der Waals surface area (Å²) in [6, 6.07) is 21.1. The number of carbonyl (C=O) groups excluding carboxylic acids is 2. The number of hydrogen-bond acceptors (Lipinski definition) is 7. The van der Waals surface area contributed by atoms with Gasteiger partial charge in [-0.05, 0) is 54.3 Å². The summed E-state index contributed by atoms with van der Waals surface area (Å²) >= 11 is 1.46. The van der Waals surface area contributed by atoms with Gasteiger partial charge in [-0.1, -0.05) is 48.5 Å². The number of para-hydroxylation sites is 1. The van der Waals surface area contributed by atoms with Crippen molar-refractivity contribution in [3.8, 4) is 11.1 Å². The van der Waals surface area contributed by atoms with Crippen molar-refractivity contribution in [1.82, 2.24) is 19.7 Å². The normalized spacial score (nSPS) is 16.3. The fourth-order valence-corrected chi connectivity index (χ4v) is 7.53. The zero-order chi connectivity index (χ0) is 34.1. The van der Waals surface area contributed by atoms with E-state index >= 15 is 0 Å². The number of fused-ring (bicyclic) bond motifs is 1. The van der Waals surface area contributed by atoms with Crippen molar-refractivity contribution in [2.24, 2.45) is 0 Å². The van der Waals surface area contributed by atoms with Crippen molar-refractivity contribution in [3.05, 3.63) is 122 Å². The molecule has 2 aliphatic heterocycles. The van der Waals surface area contributed by atoms with Gasteiger partial charge in [-0.3, -0.25) is 14.5 Å². The average molecular weight is 687 g/mol. The number of piperazine rings is 1. The van der Waals surface area contributed by atoms with Crippen molar-refractivity contribution in [3.63, 3.8) is 0 Å². The molecular formula is C37H33F3N4O4S. The van der Waals surface area contributed by atoms with E-state index in [9.17, 15) is 27.6 Å². The molecule has 2 aliphatic rings. The molecule has 0 bridgehead atoms.